The summed E-state index contributed by atoms with van der Waals surface area (Å²) in [6.07, 6.45) is 4.78. The Labute approximate surface area is 175 Å². The van der Waals surface area contributed by atoms with Gasteiger partial charge in [0.25, 0.3) is 5.91 Å². The van der Waals surface area contributed by atoms with Crippen molar-refractivity contribution in [3.63, 3.8) is 0 Å². The van der Waals surface area contributed by atoms with E-state index in [1.807, 2.05) is 31.2 Å². The van der Waals surface area contributed by atoms with E-state index in [9.17, 15) is 9.59 Å². The molecule has 0 saturated heterocycles. The molecule has 0 bridgehead atoms. The van der Waals surface area contributed by atoms with Gasteiger partial charge in [-0.3, -0.25) is 9.59 Å². The monoisotopic (exact) mass is 415 g/mol. The number of thiophene rings is 1. The molecule has 1 aromatic heterocycles. The summed E-state index contributed by atoms with van der Waals surface area (Å²) in [5.41, 5.74) is 3.44. The highest BCUT2D eigenvalue weighted by Crippen LogP contribution is 2.58. The predicted octanol–water partition coefficient (Wildman–Crippen LogP) is 5.49. The third kappa shape index (κ3) is 3.65. The van der Waals surface area contributed by atoms with E-state index >= 15 is 0 Å². The fourth-order valence-corrected chi connectivity index (χ4v) is 6.20. The Bertz CT molecular complexity index is 917. The number of nitrogens with one attached hydrogen (secondary N) is 1. The second kappa shape index (κ2) is 7.31. The van der Waals surface area contributed by atoms with Crippen LogP contribution in [-0.2, 0) is 11.2 Å². The number of Topliss-reactive ketones (excluding diaryl/α,β-unsaturated/α-hetero) is 1. The van der Waals surface area contributed by atoms with Crippen LogP contribution < -0.4 is 5.32 Å². The Kier molecular flexibility index (Phi) is 5.13. The first-order valence-electron chi connectivity index (χ1n) is 9.91. The van der Waals surface area contributed by atoms with Crippen molar-refractivity contribution in [2.24, 2.45) is 11.3 Å². The smallest absolute Gasteiger partial charge is 0.252 e. The summed E-state index contributed by atoms with van der Waals surface area (Å²) in [7, 11) is 0. The van der Waals surface area contributed by atoms with Crippen LogP contribution in [0.4, 0.5) is 0 Å². The average Bonchev–Trinajstić information content (AvgIpc) is 2.83. The summed E-state index contributed by atoms with van der Waals surface area (Å²) >= 11 is 7.69. The molecule has 2 aliphatic carbocycles. The zero-order chi connectivity index (χ0) is 20.1. The molecule has 1 heterocycles. The maximum Gasteiger partial charge on any atom is 0.252 e. The fraction of sp³-hybridized carbons (Fsp3) is 0.478. The molecule has 1 aromatic carbocycles. The lowest BCUT2D eigenvalue weighted by Gasteiger charge is -2.57. The van der Waals surface area contributed by atoms with Crippen molar-refractivity contribution in [2.75, 3.05) is 0 Å². The van der Waals surface area contributed by atoms with Crippen molar-refractivity contribution in [2.45, 2.75) is 58.9 Å². The fourth-order valence-electron chi connectivity index (χ4n) is 5.00. The number of carbonyl (C=O) groups is 2. The molecule has 0 unspecified atom stereocenters. The number of halogens is 1. The molecule has 2 saturated carbocycles. The van der Waals surface area contributed by atoms with E-state index in [0.29, 0.717) is 11.2 Å². The molecule has 4 rings (SSSR count). The lowest BCUT2D eigenvalue weighted by molar-refractivity contribution is -0.134. The third-order valence-corrected chi connectivity index (χ3v) is 7.85. The van der Waals surface area contributed by atoms with Crippen LogP contribution in [0, 0.1) is 25.2 Å². The molecule has 0 atom stereocenters. The van der Waals surface area contributed by atoms with E-state index in [2.05, 4.69) is 12.2 Å². The van der Waals surface area contributed by atoms with Crippen LogP contribution in [0.15, 0.2) is 24.3 Å². The predicted molar refractivity (Wildman–Crippen MR) is 114 cm³/mol. The number of rotatable bonds is 5. The number of hydrogen-bond donors (Lipinski definition) is 1. The molecule has 148 valence electrons. The molecule has 1 amide bonds. The van der Waals surface area contributed by atoms with Crippen molar-refractivity contribution in [1.29, 1.82) is 0 Å². The highest BCUT2D eigenvalue weighted by molar-refractivity contribution is 7.12. The molecule has 2 fully saturated rings. The van der Waals surface area contributed by atoms with E-state index in [0.717, 1.165) is 58.7 Å². The minimum atomic E-state index is 0.0492. The second-order valence-electron chi connectivity index (χ2n) is 8.67. The largest absolute Gasteiger partial charge is 0.349 e. The van der Waals surface area contributed by atoms with E-state index < -0.39 is 0 Å². The standard InChI is InChI=1S/C23H26ClNO2S/c1-13(26)17-9-23(10-17)11-19(12-23)25-22(27)21-15(3)28-14(2)20(21)8-16-4-6-18(24)7-5-16/h4-7,17,19H,8-12H2,1-3H3,(H,25,27). The Balaban J connectivity index is 1.42. The van der Waals surface area contributed by atoms with Gasteiger partial charge in [0, 0.05) is 26.7 Å². The van der Waals surface area contributed by atoms with Gasteiger partial charge < -0.3 is 5.32 Å². The zero-order valence-corrected chi connectivity index (χ0v) is 18.2. The van der Waals surface area contributed by atoms with Gasteiger partial charge in [-0.2, -0.15) is 0 Å². The molecule has 1 N–H and O–H groups in total. The first kappa shape index (κ1) is 19.7. The van der Waals surface area contributed by atoms with E-state index in [-0.39, 0.29) is 17.9 Å². The molecule has 1 spiro atoms. The number of amides is 1. The SMILES string of the molecule is CC(=O)C1CC2(CC(NC(=O)c3c(C)sc(C)c3Cc3ccc(Cl)cc3)C2)C1. The number of aryl methyl sites for hydroxylation is 2. The van der Waals surface area contributed by atoms with Crippen LogP contribution >= 0.6 is 22.9 Å². The van der Waals surface area contributed by atoms with Crippen LogP contribution in [-0.4, -0.2) is 17.7 Å². The van der Waals surface area contributed by atoms with Gasteiger partial charge in [-0.05, 0) is 81.5 Å². The van der Waals surface area contributed by atoms with Crippen LogP contribution in [0.5, 0.6) is 0 Å². The van der Waals surface area contributed by atoms with E-state index in [4.69, 9.17) is 11.6 Å². The number of carbonyl (C=O) groups excluding carboxylic acids is 2. The first-order chi connectivity index (χ1) is 13.3. The lowest BCUT2D eigenvalue weighted by atomic mass is 9.49. The summed E-state index contributed by atoms with van der Waals surface area (Å²) in [4.78, 5) is 26.8. The minimum absolute atomic E-state index is 0.0492. The summed E-state index contributed by atoms with van der Waals surface area (Å²) in [5, 5.41) is 3.98. The highest BCUT2D eigenvalue weighted by Gasteiger charge is 2.54. The Morgan fingerprint density at radius 1 is 1.11 bits per heavy atom. The molecule has 28 heavy (non-hydrogen) atoms. The van der Waals surface area contributed by atoms with Gasteiger partial charge in [-0.25, -0.2) is 0 Å². The molecular formula is C23H26ClNO2S. The van der Waals surface area contributed by atoms with Crippen molar-refractivity contribution in [3.8, 4) is 0 Å². The Morgan fingerprint density at radius 3 is 2.36 bits per heavy atom. The van der Waals surface area contributed by atoms with Crippen LogP contribution in [0.2, 0.25) is 5.02 Å². The summed E-state index contributed by atoms with van der Waals surface area (Å²) < 4.78 is 0. The van der Waals surface area contributed by atoms with Gasteiger partial charge in [0.15, 0.2) is 0 Å². The molecular weight excluding hydrogens is 390 g/mol. The molecule has 3 nitrogen and oxygen atoms in total. The highest BCUT2D eigenvalue weighted by atomic mass is 35.5. The van der Waals surface area contributed by atoms with Crippen molar-refractivity contribution in [1.82, 2.24) is 5.32 Å². The van der Waals surface area contributed by atoms with Crippen molar-refractivity contribution >= 4 is 34.6 Å². The number of benzene rings is 1. The lowest BCUT2D eigenvalue weighted by Crippen LogP contribution is -2.57. The van der Waals surface area contributed by atoms with Gasteiger partial charge >= 0.3 is 0 Å². The first-order valence-corrected chi connectivity index (χ1v) is 11.1. The van der Waals surface area contributed by atoms with Crippen LogP contribution in [0.1, 0.15) is 63.8 Å². The average molecular weight is 416 g/mol. The normalized spacial score (nSPS) is 25.9. The second-order valence-corrected chi connectivity index (χ2v) is 10.5. The van der Waals surface area contributed by atoms with Gasteiger partial charge in [0.2, 0.25) is 0 Å². The van der Waals surface area contributed by atoms with Crippen molar-refractivity contribution in [3.05, 3.63) is 55.7 Å². The molecule has 0 aliphatic heterocycles. The summed E-state index contributed by atoms with van der Waals surface area (Å²) in [5.74, 6) is 0.617. The molecule has 2 aliphatic rings. The number of ketones is 1. The van der Waals surface area contributed by atoms with E-state index in [1.165, 1.54) is 4.88 Å². The summed E-state index contributed by atoms with van der Waals surface area (Å²) in [6.45, 7) is 5.82. The third-order valence-electron chi connectivity index (χ3n) is 6.53. The maximum absolute atomic E-state index is 13.1. The maximum atomic E-state index is 13.1. The summed E-state index contributed by atoms with van der Waals surface area (Å²) in [6, 6.07) is 8.07. The quantitative estimate of drug-likeness (QED) is 0.702. The molecule has 0 radical (unpaired) electrons. The van der Waals surface area contributed by atoms with Gasteiger partial charge in [-0.1, -0.05) is 23.7 Å². The van der Waals surface area contributed by atoms with Gasteiger partial charge in [0.05, 0.1) is 5.56 Å². The Hall–Kier alpha value is -1.65. The van der Waals surface area contributed by atoms with Crippen LogP contribution in [0.3, 0.4) is 0 Å². The van der Waals surface area contributed by atoms with Gasteiger partial charge in [-0.15, -0.1) is 11.3 Å². The topological polar surface area (TPSA) is 46.2 Å². The molecule has 2 aromatic rings. The van der Waals surface area contributed by atoms with Crippen LogP contribution in [0.25, 0.3) is 0 Å². The van der Waals surface area contributed by atoms with Gasteiger partial charge in [0.1, 0.15) is 5.78 Å². The molecule has 5 heteroatoms. The van der Waals surface area contributed by atoms with Crippen molar-refractivity contribution < 1.29 is 9.59 Å². The van der Waals surface area contributed by atoms with E-state index in [1.54, 1.807) is 18.3 Å². The minimum Gasteiger partial charge on any atom is -0.349 e. The number of hydrogen-bond acceptors (Lipinski definition) is 3. The zero-order valence-electron chi connectivity index (χ0n) is 16.6. The Morgan fingerprint density at radius 2 is 1.75 bits per heavy atom.